The Morgan fingerprint density at radius 1 is 1.28 bits per heavy atom. The van der Waals surface area contributed by atoms with Crippen LogP contribution in [0.5, 0.6) is 0 Å². The molecule has 0 saturated carbocycles. The Bertz CT molecular complexity index is 379. The number of rotatable bonds is 8. The minimum Gasteiger partial charge on any atom is -0.481 e. The lowest BCUT2D eigenvalue weighted by Crippen LogP contribution is -2.41. The van der Waals surface area contributed by atoms with Crippen LogP contribution >= 0.6 is 0 Å². The maximum absolute atomic E-state index is 11.3. The van der Waals surface area contributed by atoms with Crippen LogP contribution in [-0.2, 0) is 19.7 Å². The van der Waals surface area contributed by atoms with Crippen molar-refractivity contribution in [2.24, 2.45) is 0 Å². The number of carboxylic acids is 1. The molecule has 0 heterocycles. The van der Waals surface area contributed by atoms with Crippen LogP contribution in [0.4, 0.5) is 4.79 Å². The van der Waals surface area contributed by atoms with Gasteiger partial charge in [0, 0.05) is 13.0 Å². The van der Waals surface area contributed by atoms with Crippen molar-refractivity contribution in [1.29, 1.82) is 0 Å². The summed E-state index contributed by atoms with van der Waals surface area (Å²) in [6, 6.07) is 0. The predicted molar refractivity (Wildman–Crippen MR) is 63.2 cm³/mol. The van der Waals surface area contributed by atoms with Crippen LogP contribution < -0.4 is 9.44 Å². The first-order valence-electron chi connectivity index (χ1n) is 5.43. The largest absolute Gasteiger partial charge is 0.481 e. The summed E-state index contributed by atoms with van der Waals surface area (Å²) in [6.45, 7) is 3.23. The van der Waals surface area contributed by atoms with Crippen LogP contribution in [0.15, 0.2) is 0 Å². The molecular formula is C9H18N2O6S. The van der Waals surface area contributed by atoms with Crippen molar-refractivity contribution >= 4 is 22.3 Å². The van der Waals surface area contributed by atoms with Gasteiger partial charge in [-0.2, -0.15) is 13.1 Å². The van der Waals surface area contributed by atoms with Crippen molar-refractivity contribution in [1.82, 2.24) is 9.44 Å². The van der Waals surface area contributed by atoms with Crippen molar-refractivity contribution in [3.8, 4) is 0 Å². The van der Waals surface area contributed by atoms with E-state index in [-0.39, 0.29) is 13.0 Å². The Labute approximate surface area is 106 Å². The first kappa shape index (κ1) is 16.6. The van der Waals surface area contributed by atoms with Gasteiger partial charge < -0.3 is 9.84 Å². The van der Waals surface area contributed by atoms with Crippen LogP contribution in [0.1, 0.15) is 33.1 Å². The SMILES string of the molecule is CC(C)OC(=O)NS(=O)(=O)NCCCCC(=O)O. The predicted octanol–water partition coefficient (Wildman–Crippen LogP) is 0.210. The molecule has 0 spiro atoms. The molecule has 0 aliphatic heterocycles. The smallest absolute Gasteiger partial charge is 0.422 e. The summed E-state index contributed by atoms with van der Waals surface area (Å²) in [7, 11) is -3.95. The second-order valence-electron chi connectivity index (χ2n) is 3.80. The molecule has 18 heavy (non-hydrogen) atoms. The second kappa shape index (κ2) is 7.88. The molecule has 0 unspecified atom stereocenters. The Balaban J connectivity index is 3.87. The van der Waals surface area contributed by atoms with E-state index in [9.17, 15) is 18.0 Å². The molecule has 9 heteroatoms. The van der Waals surface area contributed by atoms with E-state index >= 15 is 0 Å². The van der Waals surface area contributed by atoms with E-state index in [1.54, 1.807) is 18.6 Å². The third kappa shape index (κ3) is 9.85. The maximum atomic E-state index is 11.3. The van der Waals surface area contributed by atoms with E-state index in [4.69, 9.17) is 5.11 Å². The van der Waals surface area contributed by atoms with Gasteiger partial charge in [-0.25, -0.2) is 9.52 Å². The van der Waals surface area contributed by atoms with Crippen LogP contribution in [0.25, 0.3) is 0 Å². The van der Waals surface area contributed by atoms with Gasteiger partial charge in [0.2, 0.25) is 0 Å². The van der Waals surface area contributed by atoms with Crippen molar-refractivity contribution < 1.29 is 27.9 Å². The first-order valence-corrected chi connectivity index (χ1v) is 6.91. The van der Waals surface area contributed by atoms with Gasteiger partial charge in [-0.15, -0.1) is 0 Å². The molecule has 0 aromatic rings. The number of aliphatic carboxylic acids is 1. The lowest BCUT2D eigenvalue weighted by molar-refractivity contribution is -0.137. The molecule has 0 saturated heterocycles. The number of carbonyl (C=O) groups excluding carboxylic acids is 1. The quantitative estimate of drug-likeness (QED) is 0.547. The molecule has 0 radical (unpaired) electrons. The van der Waals surface area contributed by atoms with Crippen molar-refractivity contribution in [3.63, 3.8) is 0 Å². The monoisotopic (exact) mass is 282 g/mol. The summed E-state index contributed by atoms with van der Waals surface area (Å²) in [5.74, 6) is -0.934. The molecule has 8 nitrogen and oxygen atoms in total. The number of amides is 1. The third-order valence-electron chi connectivity index (χ3n) is 1.67. The van der Waals surface area contributed by atoms with Gasteiger partial charge >= 0.3 is 22.3 Å². The minimum atomic E-state index is -3.95. The standard InChI is InChI=1S/C9H18N2O6S/c1-7(2)17-9(14)11-18(15,16)10-6-4-3-5-8(12)13/h7,10H,3-6H2,1-2H3,(H,11,14)(H,12,13). The highest BCUT2D eigenvalue weighted by Crippen LogP contribution is 1.94. The normalized spacial score (nSPS) is 11.3. The van der Waals surface area contributed by atoms with E-state index in [0.717, 1.165) is 0 Å². The van der Waals surface area contributed by atoms with Gasteiger partial charge in [-0.3, -0.25) is 4.79 Å². The third-order valence-corrected chi connectivity index (χ3v) is 2.69. The number of unbranched alkanes of at least 4 members (excludes halogenated alkanes) is 1. The molecule has 0 aromatic heterocycles. The fourth-order valence-electron chi connectivity index (χ4n) is 0.992. The molecule has 1 amide bonds. The lowest BCUT2D eigenvalue weighted by Gasteiger charge is -2.10. The first-order chi connectivity index (χ1) is 8.23. The van der Waals surface area contributed by atoms with Crippen LogP contribution in [0, 0.1) is 0 Å². The molecular weight excluding hydrogens is 264 g/mol. The fourth-order valence-corrected chi connectivity index (χ4v) is 1.74. The molecule has 0 rings (SSSR count). The van der Waals surface area contributed by atoms with Gasteiger partial charge in [0.05, 0.1) is 6.10 Å². The Hall–Kier alpha value is -1.35. The number of carboxylic acid groups (broad SMARTS) is 1. The van der Waals surface area contributed by atoms with Crippen LogP contribution in [0.2, 0.25) is 0 Å². The fraction of sp³-hybridized carbons (Fsp3) is 0.778. The summed E-state index contributed by atoms with van der Waals surface area (Å²) in [5.41, 5.74) is 0. The molecule has 106 valence electrons. The Morgan fingerprint density at radius 3 is 2.39 bits per heavy atom. The maximum Gasteiger partial charge on any atom is 0.422 e. The summed E-state index contributed by atoms with van der Waals surface area (Å²) in [6.07, 6.45) is -0.774. The number of hydrogen-bond acceptors (Lipinski definition) is 5. The number of nitrogens with one attached hydrogen (secondary N) is 2. The number of carbonyl (C=O) groups is 2. The molecule has 0 bridgehead atoms. The summed E-state index contributed by atoms with van der Waals surface area (Å²) < 4.78 is 30.9. The Morgan fingerprint density at radius 2 is 1.89 bits per heavy atom. The molecule has 0 aromatic carbocycles. The topological polar surface area (TPSA) is 122 Å². The van der Waals surface area contributed by atoms with E-state index in [0.29, 0.717) is 12.8 Å². The summed E-state index contributed by atoms with van der Waals surface area (Å²) >= 11 is 0. The average Bonchev–Trinajstić information content (AvgIpc) is 2.13. The van der Waals surface area contributed by atoms with Crippen molar-refractivity contribution in [2.45, 2.75) is 39.2 Å². The van der Waals surface area contributed by atoms with E-state index in [1.807, 2.05) is 0 Å². The van der Waals surface area contributed by atoms with Crippen molar-refractivity contribution in [2.75, 3.05) is 6.54 Å². The van der Waals surface area contributed by atoms with Gasteiger partial charge in [-0.1, -0.05) is 0 Å². The van der Waals surface area contributed by atoms with Crippen LogP contribution in [0.3, 0.4) is 0 Å². The second-order valence-corrected chi connectivity index (χ2v) is 5.30. The summed E-state index contributed by atoms with van der Waals surface area (Å²) in [4.78, 5) is 21.2. The summed E-state index contributed by atoms with van der Waals surface area (Å²) in [5, 5.41) is 8.36. The van der Waals surface area contributed by atoms with Gasteiger partial charge in [0.15, 0.2) is 0 Å². The zero-order valence-corrected chi connectivity index (χ0v) is 11.1. The highest BCUT2D eigenvalue weighted by molar-refractivity contribution is 7.88. The van der Waals surface area contributed by atoms with Gasteiger partial charge in [0.1, 0.15) is 0 Å². The highest BCUT2D eigenvalue weighted by atomic mass is 32.2. The number of ether oxygens (including phenoxy) is 1. The zero-order chi connectivity index (χ0) is 14.2. The zero-order valence-electron chi connectivity index (χ0n) is 10.3. The molecule has 0 aliphatic rings. The highest BCUT2D eigenvalue weighted by Gasteiger charge is 2.15. The molecule has 0 aliphatic carbocycles. The average molecular weight is 282 g/mol. The van der Waals surface area contributed by atoms with Crippen LogP contribution in [-0.4, -0.2) is 38.2 Å². The minimum absolute atomic E-state index is 0.0233. The van der Waals surface area contributed by atoms with Crippen molar-refractivity contribution in [3.05, 3.63) is 0 Å². The lowest BCUT2D eigenvalue weighted by atomic mass is 10.2. The van der Waals surface area contributed by atoms with E-state index in [1.165, 1.54) is 0 Å². The van der Waals surface area contributed by atoms with E-state index < -0.39 is 28.4 Å². The van der Waals surface area contributed by atoms with Gasteiger partial charge in [-0.05, 0) is 26.7 Å². The number of hydrogen-bond donors (Lipinski definition) is 3. The molecule has 0 atom stereocenters. The molecule has 0 fully saturated rings. The molecule has 3 N–H and O–H groups in total. The van der Waals surface area contributed by atoms with E-state index in [2.05, 4.69) is 9.46 Å². The Kier molecular flexibility index (Phi) is 7.29. The van der Waals surface area contributed by atoms with Gasteiger partial charge in [0.25, 0.3) is 0 Å².